The first-order chi connectivity index (χ1) is 7.84. The number of nitrogens with one attached hydrogen (secondary N) is 2. The summed E-state index contributed by atoms with van der Waals surface area (Å²) in [4.78, 5) is 0. The molecule has 0 heterocycles. The van der Waals surface area contributed by atoms with Gasteiger partial charge in [0.15, 0.2) is 0 Å². The Morgan fingerprint density at radius 1 is 0.882 bits per heavy atom. The van der Waals surface area contributed by atoms with Gasteiger partial charge in [-0.05, 0) is 29.8 Å². The molecule has 0 amide bonds. The van der Waals surface area contributed by atoms with Crippen LogP contribution in [-0.2, 0) is 6.54 Å². The lowest BCUT2D eigenvalue weighted by atomic mass is 10.2. The highest BCUT2D eigenvalue weighted by Crippen LogP contribution is 2.06. The van der Waals surface area contributed by atoms with Crippen molar-refractivity contribution >= 4 is 18.1 Å². The molecule has 0 radical (unpaired) electrons. The van der Waals surface area contributed by atoms with Crippen LogP contribution in [0.4, 0.5) is 10.1 Å². The number of hydrazine groups is 1. The minimum atomic E-state index is -0.228. The zero-order valence-electron chi connectivity index (χ0n) is 9.19. The van der Waals surface area contributed by atoms with E-state index in [0.717, 1.165) is 12.2 Å². The molecule has 0 unspecified atom stereocenters. The molecule has 0 atom stereocenters. The Morgan fingerprint density at radius 2 is 1.53 bits per heavy atom. The number of benzene rings is 2. The summed E-state index contributed by atoms with van der Waals surface area (Å²) < 4.78 is 12.6. The van der Waals surface area contributed by atoms with E-state index >= 15 is 0 Å². The molecule has 90 valence electrons. The lowest BCUT2D eigenvalue weighted by Crippen LogP contribution is -2.20. The molecule has 0 aliphatic heterocycles. The van der Waals surface area contributed by atoms with Crippen molar-refractivity contribution in [2.24, 2.45) is 0 Å². The summed E-state index contributed by atoms with van der Waals surface area (Å²) >= 11 is 0. The summed E-state index contributed by atoms with van der Waals surface area (Å²) in [5.74, 6) is -0.228. The molecule has 17 heavy (non-hydrogen) atoms. The molecule has 2 aromatic rings. The van der Waals surface area contributed by atoms with Crippen molar-refractivity contribution in [3.63, 3.8) is 0 Å². The second-order valence-corrected chi connectivity index (χ2v) is 3.47. The van der Waals surface area contributed by atoms with Crippen molar-refractivity contribution in [3.8, 4) is 0 Å². The summed E-state index contributed by atoms with van der Waals surface area (Å²) in [5, 5.41) is 0. The van der Waals surface area contributed by atoms with Crippen molar-refractivity contribution in [1.29, 1.82) is 0 Å². The molecule has 0 saturated heterocycles. The molecule has 0 fully saturated rings. The highest BCUT2D eigenvalue weighted by Gasteiger charge is 1.93. The lowest BCUT2D eigenvalue weighted by Gasteiger charge is -2.08. The Morgan fingerprint density at radius 3 is 2.18 bits per heavy atom. The predicted molar refractivity (Wildman–Crippen MR) is 70.6 cm³/mol. The first kappa shape index (κ1) is 13.5. The summed E-state index contributed by atoms with van der Waals surface area (Å²) in [6, 6.07) is 16.3. The van der Waals surface area contributed by atoms with Crippen molar-refractivity contribution in [2.75, 3.05) is 5.43 Å². The first-order valence-electron chi connectivity index (χ1n) is 5.13. The van der Waals surface area contributed by atoms with Gasteiger partial charge >= 0.3 is 0 Å². The maximum atomic E-state index is 12.6. The van der Waals surface area contributed by atoms with Crippen LogP contribution >= 0.6 is 12.4 Å². The molecule has 2 nitrogen and oxygen atoms in total. The number of rotatable bonds is 4. The Bertz CT molecular complexity index is 431. The zero-order chi connectivity index (χ0) is 11.2. The van der Waals surface area contributed by atoms with Gasteiger partial charge in [0.1, 0.15) is 5.82 Å². The predicted octanol–water partition coefficient (Wildman–Crippen LogP) is 3.36. The van der Waals surface area contributed by atoms with Gasteiger partial charge in [-0.15, -0.1) is 12.4 Å². The van der Waals surface area contributed by atoms with E-state index in [1.165, 1.54) is 17.7 Å². The van der Waals surface area contributed by atoms with Crippen molar-refractivity contribution in [2.45, 2.75) is 6.54 Å². The van der Waals surface area contributed by atoms with Gasteiger partial charge in [0, 0.05) is 12.2 Å². The molecule has 2 N–H and O–H groups in total. The molecular formula is C13H14ClFN2. The quantitative estimate of drug-likeness (QED) is 0.816. The molecule has 2 aromatic carbocycles. The second kappa shape index (κ2) is 6.89. The molecule has 0 aromatic heterocycles. The third kappa shape index (κ3) is 4.43. The van der Waals surface area contributed by atoms with E-state index in [-0.39, 0.29) is 18.2 Å². The number of anilines is 1. The van der Waals surface area contributed by atoms with Gasteiger partial charge in [-0.1, -0.05) is 30.3 Å². The smallest absolute Gasteiger partial charge is 0.123 e. The van der Waals surface area contributed by atoms with Crippen LogP contribution in [0.3, 0.4) is 0 Å². The maximum Gasteiger partial charge on any atom is 0.123 e. The van der Waals surface area contributed by atoms with E-state index in [1.54, 1.807) is 12.1 Å². The first-order valence-corrected chi connectivity index (χ1v) is 5.13. The molecule has 0 aliphatic rings. The van der Waals surface area contributed by atoms with Crippen LogP contribution in [0.1, 0.15) is 5.56 Å². The average molecular weight is 253 g/mol. The molecule has 2 rings (SSSR count). The normalized spacial score (nSPS) is 9.47. The second-order valence-electron chi connectivity index (χ2n) is 3.47. The largest absolute Gasteiger partial charge is 0.321 e. The van der Waals surface area contributed by atoms with E-state index in [2.05, 4.69) is 10.9 Å². The van der Waals surface area contributed by atoms with Crippen molar-refractivity contribution < 1.29 is 4.39 Å². The third-order valence-electron chi connectivity index (χ3n) is 2.21. The fourth-order valence-electron chi connectivity index (χ4n) is 1.38. The van der Waals surface area contributed by atoms with Gasteiger partial charge < -0.3 is 5.43 Å². The van der Waals surface area contributed by atoms with E-state index < -0.39 is 0 Å². The molecule has 0 saturated carbocycles. The summed E-state index contributed by atoms with van der Waals surface area (Å²) in [7, 11) is 0. The summed E-state index contributed by atoms with van der Waals surface area (Å²) in [6.45, 7) is 0.720. The Hall–Kier alpha value is -1.58. The number of hydrogen-bond donors (Lipinski definition) is 2. The topological polar surface area (TPSA) is 24.1 Å². The minimum absolute atomic E-state index is 0. The van der Waals surface area contributed by atoms with E-state index in [1.807, 2.05) is 30.3 Å². The van der Waals surface area contributed by atoms with Crippen LogP contribution in [0.2, 0.25) is 0 Å². The van der Waals surface area contributed by atoms with Gasteiger partial charge in [0.05, 0.1) is 0 Å². The van der Waals surface area contributed by atoms with Gasteiger partial charge in [0.25, 0.3) is 0 Å². The van der Waals surface area contributed by atoms with Crippen LogP contribution in [0.25, 0.3) is 0 Å². The fraction of sp³-hybridized carbons (Fsp3) is 0.0769. The van der Waals surface area contributed by atoms with Gasteiger partial charge in [-0.25, -0.2) is 9.82 Å². The highest BCUT2D eigenvalue weighted by atomic mass is 35.5. The van der Waals surface area contributed by atoms with E-state index in [4.69, 9.17) is 0 Å². The van der Waals surface area contributed by atoms with Gasteiger partial charge in [0.2, 0.25) is 0 Å². The van der Waals surface area contributed by atoms with Crippen LogP contribution in [-0.4, -0.2) is 0 Å². The van der Waals surface area contributed by atoms with Crippen LogP contribution in [0.5, 0.6) is 0 Å². The third-order valence-corrected chi connectivity index (χ3v) is 2.21. The highest BCUT2D eigenvalue weighted by molar-refractivity contribution is 5.85. The lowest BCUT2D eigenvalue weighted by molar-refractivity contribution is 0.628. The van der Waals surface area contributed by atoms with E-state index in [9.17, 15) is 4.39 Å². The minimum Gasteiger partial charge on any atom is -0.321 e. The van der Waals surface area contributed by atoms with Crippen LogP contribution in [0.15, 0.2) is 54.6 Å². The van der Waals surface area contributed by atoms with Crippen molar-refractivity contribution in [1.82, 2.24) is 5.43 Å². The average Bonchev–Trinajstić information content (AvgIpc) is 2.33. The standard InChI is InChI=1S/C13H13FN2.ClH/c14-12-6-8-13(9-7-12)16-15-10-11-4-2-1-3-5-11;/h1-9,15-16H,10H2;1H. The summed E-state index contributed by atoms with van der Waals surface area (Å²) in [6.07, 6.45) is 0. The fourth-order valence-corrected chi connectivity index (χ4v) is 1.38. The van der Waals surface area contributed by atoms with Crippen LogP contribution in [0, 0.1) is 5.82 Å². The summed E-state index contributed by atoms with van der Waals surface area (Å²) in [5.41, 5.74) is 8.11. The molecule has 0 spiro atoms. The Labute approximate surface area is 106 Å². The molecule has 4 heteroatoms. The zero-order valence-corrected chi connectivity index (χ0v) is 10.0. The number of hydrogen-bond acceptors (Lipinski definition) is 2. The van der Waals surface area contributed by atoms with Crippen molar-refractivity contribution in [3.05, 3.63) is 66.0 Å². The molecule has 0 aliphatic carbocycles. The Balaban J connectivity index is 0.00000144. The maximum absolute atomic E-state index is 12.6. The van der Waals surface area contributed by atoms with E-state index in [0.29, 0.717) is 0 Å². The molecule has 0 bridgehead atoms. The Kier molecular flexibility index (Phi) is 5.46. The van der Waals surface area contributed by atoms with Gasteiger partial charge in [-0.3, -0.25) is 0 Å². The van der Waals surface area contributed by atoms with Crippen LogP contribution < -0.4 is 10.9 Å². The molecular weight excluding hydrogens is 239 g/mol. The monoisotopic (exact) mass is 252 g/mol. The van der Waals surface area contributed by atoms with Gasteiger partial charge in [-0.2, -0.15) is 0 Å². The number of halogens is 2. The SMILES string of the molecule is Cl.Fc1ccc(NNCc2ccccc2)cc1.